The van der Waals surface area contributed by atoms with Crippen LogP contribution in [0.3, 0.4) is 0 Å². The summed E-state index contributed by atoms with van der Waals surface area (Å²) in [6.07, 6.45) is 5.71. The molecule has 1 aromatic carbocycles. The highest BCUT2D eigenvalue weighted by Crippen LogP contribution is 2.36. The number of aliphatic hydroxyl groups is 1. The van der Waals surface area contributed by atoms with Gasteiger partial charge in [0.15, 0.2) is 0 Å². The summed E-state index contributed by atoms with van der Waals surface area (Å²) >= 11 is 0. The summed E-state index contributed by atoms with van der Waals surface area (Å²) < 4.78 is 1.98. The first-order chi connectivity index (χ1) is 10.4. The van der Waals surface area contributed by atoms with Crippen molar-refractivity contribution in [3.8, 4) is 0 Å². The average molecular weight is 299 g/mol. The molecule has 1 heterocycles. The van der Waals surface area contributed by atoms with E-state index in [2.05, 4.69) is 43.4 Å². The molecule has 4 heteroatoms. The smallest absolute Gasteiger partial charge is 0.103 e. The first kappa shape index (κ1) is 15.3. The van der Waals surface area contributed by atoms with E-state index in [0.717, 1.165) is 30.5 Å². The summed E-state index contributed by atoms with van der Waals surface area (Å²) in [5.41, 5.74) is 2.75. The van der Waals surface area contributed by atoms with Gasteiger partial charge in [-0.2, -0.15) is 5.10 Å². The fourth-order valence-corrected chi connectivity index (χ4v) is 3.08. The number of fused-ring (bicyclic) bond motifs is 1. The average Bonchev–Trinajstić information content (AvgIpc) is 3.06. The van der Waals surface area contributed by atoms with Crippen LogP contribution in [-0.4, -0.2) is 21.4 Å². The van der Waals surface area contributed by atoms with Crippen LogP contribution in [0.2, 0.25) is 0 Å². The van der Waals surface area contributed by atoms with E-state index in [1.165, 1.54) is 5.56 Å². The third-order valence-corrected chi connectivity index (χ3v) is 4.40. The molecule has 22 heavy (non-hydrogen) atoms. The molecule has 0 spiro atoms. The second kappa shape index (κ2) is 5.52. The van der Waals surface area contributed by atoms with Crippen molar-refractivity contribution in [1.82, 2.24) is 15.1 Å². The highest BCUT2D eigenvalue weighted by molar-refractivity contribution is 5.37. The van der Waals surface area contributed by atoms with Crippen LogP contribution in [0, 0.1) is 0 Å². The quantitative estimate of drug-likeness (QED) is 0.912. The summed E-state index contributed by atoms with van der Waals surface area (Å²) in [5.74, 6) is 0. The van der Waals surface area contributed by atoms with Gasteiger partial charge in [-0.1, -0.05) is 24.3 Å². The Bertz CT molecular complexity index is 656. The minimum absolute atomic E-state index is 0.000837. The van der Waals surface area contributed by atoms with Gasteiger partial charge in [-0.15, -0.1) is 0 Å². The zero-order valence-electron chi connectivity index (χ0n) is 13.6. The van der Waals surface area contributed by atoms with E-state index >= 15 is 0 Å². The molecule has 0 saturated carbocycles. The molecule has 2 aromatic rings. The van der Waals surface area contributed by atoms with Gasteiger partial charge in [-0.25, -0.2) is 0 Å². The van der Waals surface area contributed by atoms with Crippen LogP contribution in [0.1, 0.15) is 43.9 Å². The van der Waals surface area contributed by atoms with Crippen LogP contribution in [0.15, 0.2) is 36.7 Å². The first-order valence-electron chi connectivity index (χ1n) is 7.94. The van der Waals surface area contributed by atoms with Crippen molar-refractivity contribution in [3.05, 3.63) is 53.3 Å². The van der Waals surface area contributed by atoms with Gasteiger partial charge in [0.25, 0.3) is 0 Å². The molecule has 1 aromatic heterocycles. The zero-order valence-corrected chi connectivity index (χ0v) is 13.6. The number of hydrogen-bond donors (Lipinski definition) is 2. The van der Waals surface area contributed by atoms with Crippen LogP contribution in [-0.2, 0) is 24.1 Å². The molecule has 4 nitrogen and oxygen atoms in total. The van der Waals surface area contributed by atoms with Crippen LogP contribution in [0.4, 0.5) is 0 Å². The Kier molecular flexibility index (Phi) is 3.83. The van der Waals surface area contributed by atoms with Gasteiger partial charge >= 0.3 is 0 Å². The van der Waals surface area contributed by atoms with E-state index in [0.29, 0.717) is 6.54 Å². The summed E-state index contributed by atoms with van der Waals surface area (Å²) in [4.78, 5) is 0. The highest BCUT2D eigenvalue weighted by Gasteiger charge is 2.35. The molecular weight excluding hydrogens is 274 g/mol. The maximum absolute atomic E-state index is 10.9. The standard InChI is InChI=1S/C18H25N3O/c1-17(2,3)21-12-14(11-20-21)10-19-13-18(22)9-8-15-6-4-5-7-16(15)18/h4-7,11-12,19,22H,8-10,13H2,1-3H3. The van der Waals surface area contributed by atoms with Crippen molar-refractivity contribution in [1.29, 1.82) is 0 Å². The lowest BCUT2D eigenvalue weighted by Gasteiger charge is -2.24. The number of aryl methyl sites for hydroxylation is 1. The third kappa shape index (κ3) is 2.94. The molecule has 0 aliphatic heterocycles. The molecule has 0 radical (unpaired) electrons. The lowest BCUT2D eigenvalue weighted by Crippen LogP contribution is -2.35. The summed E-state index contributed by atoms with van der Waals surface area (Å²) in [7, 11) is 0. The molecule has 1 unspecified atom stereocenters. The van der Waals surface area contributed by atoms with Crippen LogP contribution < -0.4 is 5.32 Å². The lowest BCUT2D eigenvalue weighted by molar-refractivity contribution is 0.0384. The van der Waals surface area contributed by atoms with Gasteiger partial charge in [-0.3, -0.25) is 4.68 Å². The maximum atomic E-state index is 10.9. The van der Waals surface area contributed by atoms with E-state index in [9.17, 15) is 5.11 Å². The second-order valence-electron chi connectivity index (χ2n) is 7.26. The topological polar surface area (TPSA) is 50.1 Å². The maximum Gasteiger partial charge on any atom is 0.103 e. The minimum Gasteiger partial charge on any atom is -0.384 e. The van der Waals surface area contributed by atoms with Gasteiger partial charge in [0.05, 0.1) is 11.7 Å². The summed E-state index contributed by atoms with van der Waals surface area (Å²) in [6.45, 7) is 7.70. The SMILES string of the molecule is CC(C)(C)n1cc(CNCC2(O)CCc3ccccc32)cn1. The molecule has 1 atom stereocenters. The molecule has 0 amide bonds. The predicted octanol–water partition coefficient (Wildman–Crippen LogP) is 2.56. The van der Waals surface area contributed by atoms with Gasteiger partial charge < -0.3 is 10.4 Å². The molecule has 3 rings (SSSR count). The van der Waals surface area contributed by atoms with Crippen LogP contribution in [0.25, 0.3) is 0 Å². The Hall–Kier alpha value is -1.65. The number of hydrogen-bond acceptors (Lipinski definition) is 3. The number of benzene rings is 1. The Labute approximate surface area is 132 Å². The second-order valence-corrected chi connectivity index (χ2v) is 7.26. The fraction of sp³-hybridized carbons (Fsp3) is 0.500. The highest BCUT2D eigenvalue weighted by atomic mass is 16.3. The Morgan fingerprint density at radius 1 is 1.32 bits per heavy atom. The number of aromatic nitrogens is 2. The minimum atomic E-state index is -0.739. The van der Waals surface area contributed by atoms with Gasteiger partial charge in [0.1, 0.15) is 5.60 Å². The van der Waals surface area contributed by atoms with Gasteiger partial charge in [0.2, 0.25) is 0 Å². The van der Waals surface area contributed by atoms with E-state index < -0.39 is 5.60 Å². The van der Waals surface area contributed by atoms with Crippen molar-refractivity contribution in [2.45, 2.75) is 51.3 Å². The molecule has 0 saturated heterocycles. The number of nitrogens with zero attached hydrogens (tertiary/aromatic N) is 2. The zero-order chi connectivity index (χ0) is 15.8. The lowest BCUT2D eigenvalue weighted by atomic mass is 9.96. The van der Waals surface area contributed by atoms with E-state index in [1.807, 2.05) is 29.1 Å². The van der Waals surface area contributed by atoms with Gasteiger partial charge in [-0.05, 0) is 44.7 Å². The fourth-order valence-electron chi connectivity index (χ4n) is 3.08. The van der Waals surface area contributed by atoms with Crippen molar-refractivity contribution >= 4 is 0 Å². The van der Waals surface area contributed by atoms with Crippen molar-refractivity contribution in [2.24, 2.45) is 0 Å². The van der Waals surface area contributed by atoms with Crippen molar-refractivity contribution in [3.63, 3.8) is 0 Å². The molecule has 0 bridgehead atoms. The molecule has 1 aliphatic rings. The number of rotatable bonds is 4. The summed E-state index contributed by atoms with van der Waals surface area (Å²) in [5, 5.41) is 18.7. The first-order valence-corrected chi connectivity index (χ1v) is 7.94. The Morgan fingerprint density at radius 2 is 2.09 bits per heavy atom. The number of nitrogens with one attached hydrogen (secondary N) is 1. The predicted molar refractivity (Wildman–Crippen MR) is 87.6 cm³/mol. The summed E-state index contributed by atoms with van der Waals surface area (Å²) in [6, 6.07) is 8.20. The van der Waals surface area contributed by atoms with Crippen molar-refractivity contribution < 1.29 is 5.11 Å². The third-order valence-electron chi connectivity index (χ3n) is 4.40. The largest absolute Gasteiger partial charge is 0.384 e. The molecule has 0 fully saturated rings. The van der Waals surface area contributed by atoms with E-state index in [1.54, 1.807) is 0 Å². The van der Waals surface area contributed by atoms with Crippen molar-refractivity contribution in [2.75, 3.05) is 6.54 Å². The van der Waals surface area contributed by atoms with Crippen LogP contribution >= 0.6 is 0 Å². The van der Waals surface area contributed by atoms with E-state index in [4.69, 9.17) is 0 Å². The molecule has 1 aliphatic carbocycles. The normalized spacial score (nSPS) is 21.1. The van der Waals surface area contributed by atoms with E-state index in [-0.39, 0.29) is 5.54 Å². The Morgan fingerprint density at radius 3 is 2.82 bits per heavy atom. The molecule has 2 N–H and O–H groups in total. The molecular formula is C18H25N3O. The Balaban J connectivity index is 1.61. The monoisotopic (exact) mass is 299 g/mol. The molecule has 118 valence electrons. The van der Waals surface area contributed by atoms with Crippen LogP contribution in [0.5, 0.6) is 0 Å². The van der Waals surface area contributed by atoms with Gasteiger partial charge in [0, 0.05) is 24.8 Å².